The molecule has 2 aromatic rings. The quantitative estimate of drug-likeness (QED) is 0.593. The Morgan fingerprint density at radius 2 is 1.81 bits per heavy atom. The largest absolute Gasteiger partial charge is 0.497 e. The van der Waals surface area contributed by atoms with Gasteiger partial charge in [-0.3, -0.25) is 4.79 Å². The van der Waals surface area contributed by atoms with Gasteiger partial charge in [-0.15, -0.1) is 0 Å². The van der Waals surface area contributed by atoms with Gasteiger partial charge in [0.1, 0.15) is 5.75 Å². The van der Waals surface area contributed by atoms with Gasteiger partial charge >= 0.3 is 6.03 Å². The Morgan fingerprint density at radius 1 is 1.09 bits per heavy atom. The molecule has 1 fully saturated rings. The molecule has 172 valence electrons. The molecule has 0 saturated heterocycles. The molecule has 0 bridgehead atoms. The zero-order valence-electron chi connectivity index (χ0n) is 19.4. The summed E-state index contributed by atoms with van der Waals surface area (Å²) >= 11 is 0. The summed E-state index contributed by atoms with van der Waals surface area (Å²) in [7, 11) is 5.35. The molecule has 1 unspecified atom stereocenters. The molecule has 0 aliphatic heterocycles. The Labute approximate surface area is 190 Å². The summed E-state index contributed by atoms with van der Waals surface area (Å²) in [5.74, 6) is 1.30. The number of carbonyl (C=O) groups is 2. The fourth-order valence-corrected chi connectivity index (χ4v) is 3.69. The van der Waals surface area contributed by atoms with E-state index in [1.54, 1.807) is 7.11 Å². The summed E-state index contributed by atoms with van der Waals surface area (Å²) in [6.07, 6.45) is 2.34. The van der Waals surface area contributed by atoms with Gasteiger partial charge in [-0.05, 0) is 75.2 Å². The van der Waals surface area contributed by atoms with E-state index in [0.717, 1.165) is 22.6 Å². The van der Waals surface area contributed by atoms with E-state index in [1.807, 2.05) is 72.4 Å². The summed E-state index contributed by atoms with van der Waals surface area (Å²) in [6.45, 7) is 3.39. The van der Waals surface area contributed by atoms with Gasteiger partial charge in [0.15, 0.2) is 0 Å². The van der Waals surface area contributed by atoms with Crippen molar-refractivity contribution in [1.29, 1.82) is 0 Å². The van der Waals surface area contributed by atoms with Gasteiger partial charge in [-0.25, -0.2) is 4.79 Å². The second kappa shape index (κ2) is 11.0. The van der Waals surface area contributed by atoms with Gasteiger partial charge in [-0.2, -0.15) is 0 Å². The van der Waals surface area contributed by atoms with E-state index in [-0.39, 0.29) is 18.0 Å². The van der Waals surface area contributed by atoms with Crippen molar-refractivity contribution in [3.63, 3.8) is 0 Å². The number of likely N-dealkylation sites (N-methyl/N-ethyl adjacent to an activating group) is 1. The van der Waals surface area contributed by atoms with Crippen molar-refractivity contribution in [2.24, 2.45) is 5.92 Å². The molecule has 1 atom stereocenters. The van der Waals surface area contributed by atoms with E-state index in [4.69, 9.17) is 4.74 Å². The lowest BCUT2D eigenvalue weighted by Crippen LogP contribution is -2.45. The van der Waals surface area contributed by atoms with Crippen LogP contribution in [0.25, 0.3) is 0 Å². The standard InChI is InChI=1S/C25H34N4O3/c1-18(21-10-11-21)29(16-19-8-12-23(32-4)13-9-19)25(31)26-15-20-6-5-7-22(14-20)27-24(30)17-28(2)3/h5-9,12-14,18,21H,10-11,15-17H2,1-4H3,(H,26,31)(H,27,30). The lowest BCUT2D eigenvalue weighted by atomic mass is 10.1. The van der Waals surface area contributed by atoms with Crippen LogP contribution < -0.4 is 15.4 Å². The Kier molecular flexibility index (Phi) is 8.11. The number of carbonyl (C=O) groups excluding carboxylic acids is 2. The molecular formula is C25H34N4O3. The number of nitrogens with one attached hydrogen (secondary N) is 2. The van der Waals surface area contributed by atoms with Crippen molar-refractivity contribution in [2.75, 3.05) is 33.1 Å². The summed E-state index contributed by atoms with van der Waals surface area (Å²) in [4.78, 5) is 28.9. The van der Waals surface area contributed by atoms with Crippen molar-refractivity contribution < 1.29 is 14.3 Å². The Hall–Kier alpha value is -3.06. The summed E-state index contributed by atoms with van der Waals surface area (Å²) in [6, 6.07) is 15.5. The zero-order valence-corrected chi connectivity index (χ0v) is 19.4. The van der Waals surface area contributed by atoms with E-state index in [0.29, 0.717) is 25.6 Å². The molecule has 2 aromatic carbocycles. The first-order valence-electron chi connectivity index (χ1n) is 11.1. The van der Waals surface area contributed by atoms with Crippen LogP contribution in [0, 0.1) is 5.92 Å². The van der Waals surface area contributed by atoms with Crippen LogP contribution in [0.2, 0.25) is 0 Å². The van der Waals surface area contributed by atoms with Gasteiger partial charge in [0.05, 0.1) is 13.7 Å². The predicted octanol–water partition coefficient (Wildman–Crippen LogP) is 3.71. The molecule has 7 heteroatoms. The average molecular weight is 439 g/mol. The van der Waals surface area contributed by atoms with Crippen molar-refractivity contribution in [2.45, 2.75) is 38.9 Å². The Morgan fingerprint density at radius 3 is 2.44 bits per heavy atom. The number of rotatable bonds is 10. The summed E-state index contributed by atoms with van der Waals surface area (Å²) < 4.78 is 5.24. The molecule has 1 saturated carbocycles. The third-order valence-corrected chi connectivity index (χ3v) is 5.68. The molecule has 1 aliphatic carbocycles. The van der Waals surface area contributed by atoms with Gasteiger partial charge in [0, 0.05) is 24.8 Å². The molecule has 0 heterocycles. The van der Waals surface area contributed by atoms with Crippen molar-refractivity contribution >= 4 is 17.6 Å². The molecular weight excluding hydrogens is 404 g/mol. The smallest absolute Gasteiger partial charge is 0.318 e. The molecule has 0 radical (unpaired) electrons. The molecule has 0 spiro atoms. The lowest BCUT2D eigenvalue weighted by Gasteiger charge is -2.30. The maximum absolute atomic E-state index is 13.1. The monoisotopic (exact) mass is 438 g/mol. The van der Waals surface area contributed by atoms with Crippen LogP contribution >= 0.6 is 0 Å². The zero-order chi connectivity index (χ0) is 23.1. The SMILES string of the molecule is COc1ccc(CN(C(=O)NCc2cccc(NC(=O)CN(C)C)c2)C(C)C2CC2)cc1. The van der Waals surface area contributed by atoms with Crippen LogP contribution in [0.5, 0.6) is 5.75 Å². The highest BCUT2D eigenvalue weighted by molar-refractivity contribution is 5.92. The number of ether oxygens (including phenoxy) is 1. The second-order valence-electron chi connectivity index (χ2n) is 8.70. The molecule has 2 N–H and O–H groups in total. The van der Waals surface area contributed by atoms with Gasteiger partial charge in [0.25, 0.3) is 0 Å². The van der Waals surface area contributed by atoms with Crippen molar-refractivity contribution in [3.05, 3.63) is 59.7 Å². The minimum Gasteiger partial charge on any atom is -0.497 e. The van der Waals surface area contributed by atoms with E-state index in [9.17, 15) is 9.59 Å². The Bertz CT molecular complexity index is 910. The minimum absolute atomic E-state index is 0.0693. The molecule has 3 rings (SSSR count). The van der Waals surface area contributed by atoms with Gasteiger partial charge in [0.2, 0.25) is 5.91 Å². The normalized spacial score (nSPS) is 14.0. The van der Waals surface area contributed by atoms with E-state index < -0.39 is 0 Å². The number of amides is 3. The van der Waals surface area contributed by atoms with E-state index in [1.165, 1.54) is 12.8 Å². The lowest BCUT2D eigenvalue weighted by molar-refractivity contribution is -0.116. The van der Waals surface area contributed by atoms with Crippen LogP contribution in [0.3, 0.4) is 0 Å². The van der Waals surface area contributed by atoms with Crippen LogP contribution in [0.1, 0.15) is 30.9 Å². The van der Waals surface area contributed by atoms with E-state index in [2.05, 4.69) is 17.6 Å². The Balaban J connectivity index is 1.62. The van der Waals surface area contributed by atoms with E-state index >= 15 is 0 Å². The highest BCUT2D eigenvalue weighted by Gasteiger charge is 2.34. The van der Waals surface area contributed by atoms with Gasteiger partial charge in [-0.1, -0.05) is 24.3 Å². The van der Waals surface area contributed by atoms with Crippen LogP contribution in [0.4, 0.5) is 10.5 Å². The average Bonchev–Trinajstić information content (AvgIpc) is 3.61. The molecule has 3 amide bonds. The number of nitrogens with zero attached hydrogens (tertiary/aromatic N) is 2. The fraction of sp³-hybridized carbons (Fsp3) is 0.440. The number of anilines is 1. The number of hydrogen-bond acceptors (Lipinski definition) is 4. The van der Waals surface area contributed by atoms with Crippen molar-refractivity contribution in [1.82, 2.24) is 15.1 Å². The topological polar surface area (TPSA) is 73.9 Å². The number of hydrogen-bond donors (Lipinski definition) is 2. The molecule has 0 aromatic heterocycles. The predicted molar refractivity (Wildman–Crippen MR) is 127 cm³/mol. The minimum atomic E-state index is -0.0812. The number of benzene rings is 2. The third kappa shape index (κ3) is 6.99. The maximum Gasteiger partial charge on any atom is 0.318 e. The molecule has 1 aliphatic rings. The second-order valence-corrected chi connectivity index (χ2v) is 8.70. The van der Waals surface area contributed by atoms with Gasteiger partial charge < -0.3 is 25.2 Å². The van der Waals surface area contributed by atoms with Crippen LogP contribution in [-0.2, 0) is 17.9 Å². The van der Waals surface area contributed by atoms with Crippen LogP contribution in [-0.4, -0.2) is 55.5 Å². The first-order valence-corrected chi connectivity index (χ1v) is 11.1. The first-order chi connectivity index (χ1) is 15.4. The molecule has 7 nitrogen and oxygen atoms in total. The highest BCUT2D eigenvalue weighted by Crippen LogP contribution is 2.35. The van der Waals surface area contributed by atoms with Crippen LogP contribution in [0.15, 0.2) is 48.5 Å². The highest BCUT2D eigenvalue weighted by atomic mass is 16.5. The number of methoxy groups -OCH3 is 1. The van der Waals surface area contributed by atoms with Crippen molar-refractivity contribution in [3.8, 4) is 5.75 Å². The first kappa shape index (κ1) is 23.6. The summed E-state index contributed by atoms with van der Waals surface area (Å²) in [5, 5.41) is 5.95. The molecule has 32 heavy (non-hydrogen) atoms. The maximum atomic E-state index is 13.1. The summed E-state index contributed by atoms with van der Waals surface area (Å²) in [5.41, 5.74) is 2.73. The fourth-order valence-electron chi connectivity index (χ4n) is 3.69. The third-order valence-electron chi connectivity index (χ3n) is 5.68. The number of urea groups is 1.